The summed E-state index contributed by atoms with van der Waals surface area (Å²) in [6.45, 7) is 6.26. The molecule has 0 N–H and O–H groups in total. The van der Waals surface area contributed by atoms with Crippen molar-refractivity contribution in [2.24, 2.45) is 0 Å². The van der Waals surface area contributed by atoms with Gasteiger partial charge in [-0.2, -0.15) is 0 Å². The van der Waals surface area contributed by atoms with E-state index in [-0.39, 0.29) is 0 Å². The van der Waals surface area contributed by atoms with Gasteiger partial charge in [-0.05, 0) is 33.4 Å². The summed E-state index contributed by atoms with van der Waals surface area (Å²) >= 11 is 0. The number of hydrogen-bond acceptors (Lipinski definition) is 2. The molecule has 0 aromatic heterocycles. The van der Waals surface area contributed by atoms with Crippen LogP contribution in [0.4, 0.5) is 0 Å². The quantitative estimate of drug-likeness (QED) is 0.509. The van der Waals surface area contributed by atoms with Gasteiger partial charge in [-0.1, -0.05) is 0 Å². The van der Waals surface area contributed by atoms with Crippen molar-refractivity contribution in [1.82, 2.24) is 9.80 Å². The van der Waals surface area contributed by atoms with Crippen LogP contribution in [-0.2, 0) is 0 Å². The van der Waals surface area contributed by atoms with Crippen molar-refractivity contribution in [3.8, 4) is 0 Å². The molecular formula is C9H18N2. The lowest BCUT2D eigenvalue weighted by atomic mass is 10.1. The monoisotopic (exact) mass is 154 g/mol. The Kier molecular flexibility index (Phi) is 1.90. The fraction of sp³-hybridized carbons (Fsp3) is 1.00. The summed E-state index contributed by atoms with van der Waals surface area (Å²) in [6, 6.07) is 1.67. The number of nitrogens with zero attached hydrogens (tertiary/aromatic N) is 2. The smallest absolute Gasteiger partial charge is 0.0226 e. The Bertz CT molecular complexity index is 146. The normalized spacial score (nSPS) is 40.9. The van der Waals surface area contributed by atoms with Crippen LogP contribution in [0.2, 0.25) is 0 Å². The molecule has 2 aliphatic heterocycles. The molecular weight excluding hydrogens is 136 g/mol. The van der Waals surface area contributed by atoms with Crippen molar-refractivity contribution in [3.05, 3.63) is 0 Å². The maximum Gasteiger partial charge on any atom is 0.0226 e. The van der Waals surface area contributed by atoms with E-state index in [1.165, 1.54) is 32.5 Å². The van der Waals surface area contributed by atoms with Crippen LogP contribution in [0.25, 0.3) is 0 Å². The van der Waals surface area contributed by atoms with E-state index < -0.39 is 0 Å². The lowest BCUT2D eigenvalue weighted by Crippen LogP contribution is -2.53. The third kappa shape index (κ3) is 1.30. The zero-order valence-corrected chi connectivity index (χ0v) is 7.58. The van der Waals surface area contributed by atoms with Gasteiger partial charge in [0.2, 0.25) is 0 Å². The second-order valence-electron chi connectivity index (χ2n) is 4.10. The summed E-state index contributed by atoms with van der Waals surface area (Å²) < 4.78 is 0. The fourth-order valence-corrected chi connectivity index (χ4v) is 2.62. The molecule has 0 radical (unpaired) electrons. The van der Waals surface area contributed by atoms with E-state index in [1.807, 2.05) is 0 Å². The van der Waals surface area contributed by atoms with Crippen LogP contribution in [0.3, 0.4) is 0 Å². The fourth-order valence-electron chi connectivity index (χ4n) is 2.62. The Labute approximate surface area is 69.2 Å². The van der Waals surface area contributed by atoms with Gasteiger partial charge in [0, 0.05) is 25.2 Å². The highest BCUT2D eigenvalue weighted by atomic mass is 15.3. The Balaban J connectivity index is 2.04. The van der Waals surface area contributed by atoms with Crippen LogP contribution in [0.15, 0.2) is 0 Å². The molecule has 2 heterocycles. The SMILES string of the molecule is CC1CN(C)CC2CCCN12. The van der Waals surface area contributed by atoms with E-state index in [9.17, 15) is 0 Å². The van der Waals surface area contributed by atoms with Crippen LogP contribution in [0.5, 0.6) is 0 Å². The van der Waals surface area contributed by atoms with E-state index in [4.69, 9.17) is 0 Å². The molecule has 2 fully saturated rings. The lowest BCUT2D eigenvalue weighted by molar-refractivity contribution is 0.0747. The van der Waals surface area contributed by atoms with E-state index in [0.717, 1.165) is 12.1 Å². The van der Waals surface area contributed by atoms with Crippen LogP contribution in [-0.4, -0.2) is 48.6 Å². The molecule has 2 heteroatoms. The van der Waals surface area contributed by atoms with Crippen LogP contribution in [0.1, 0.15) is 19.8 Å². The van der Waals surface area contributed by atoms with Crippen LogP contribution in [0, 0.1) is 0 Å². The number of likely N-dealkylation sites (N-methyl/N-ethyl adjacent to an activating group) is 1. The highest BCUT2D eigenvalue weighted by Crippen LogP contribution is 2.24. The van der Waals surface area contributed by atoms with Gasteiger partial charge < -0.3 is 4.90 Å². The standard InChI is InChI=1S/C9H18N2/c1-8-6-10(2)7-9-4-3-5-11(8)9/h8-9H,3-7H2,1-2H3. The van der Waals surface area contributed by atoms with E-state index >= 15 is 0 Å². The molecule has 0 saturated carbocycles. The molecule has 0 aromatic rings. The third-order valence-electron chi connectivity index (χ3n) is 3.09. The second kappa shape index (κ2) is 2.76. The molecule has 11 heavy (non-hydrogen) atoms. The molecule has 2 unspecified atom stereocenters. The topological polar surface area (TPSA) is 6.48 Å². The molecule has 2 atom stereocenters. The summed E-state index contributed by atoms with van der Waals surface area (Å²) in [5, 5.41) is 0. The number of fused-ring (bicyclic) bond motifs is 1. The zero-order chi connectivity index (χ0) is 7.84. The average molecular weight is 154 g/mol. The second-order valence-corrected chi connectivity index (χ2v) is 4.10. The Morgan fingerprint density at radius 1 is 1.27 bits per heavy atom. The first-order valence-corrected chi connectivity index (χ1v) is 4.71. The van der Waals surface area contributed by atoms with Crippen molar-refractivity contribution in [1.29, 1.82) is 0 Å². The molecule has 2 rings (SSSR count). The molecule has 0 aliphatic carbocycles. The first-order valence-electron chi connectivity index (χ1n) is 4.71. The van der Waals surface area contributed by atoms with Crippen LogP contribution >= 0.6 is 0 Å². The minimum atomic E-state index is 0.793. The van der Waals surface area contributed by atoms with Gasteiger partial charge in [-0.3, -0.25) is 4.90 Å². The van der Waals surface area contributed by atoms with Gasteiger partial charge >= 0.3 is 0 Å². The maximum absolute atomic E-state index is 2.68. The molecule has 2 nitrogen and oxygen atoms in total. The number of hydrogen-bond donors (Lipinski definition) is 0. The van der Waals surface area contributed by atoms with E-state index in [2.05, 4.69) is 23.8 Å². The maximum atomic E-state index is 2.68. The Hall–Kier alpha value is -0.0800. The molecule has 64 valence electrons. The molecule has 2 aliphatic rings. The van der Waals surface area contributed by atoms with Crippen molar-refractivity contribution in [2.75, 3.05) is 26.7 Å². The lowest BCUT2D eigenvalue weighted by Gasteiger charge is -2.40. The zero-order valence-electron chi connectivity index (χ0n) is 7.58. The van der Waals surface area contributed by atoms with E-state index in [1.54, 1.807) is 0 Å². The largest absolute Gasteiger partial charge is 0.303 e. The van der Waals surface area contributed by atoms with Crippen molar-refractivity contribution >= 4 is 0 Å². The molecule has 0 spiro atoms. The van der Waals surface area contributed by atoms with E-state index in [0.29, 0.717) is 0 Å². The summed E-state index contributed by atoms with van der Waals surface area (Å²) in [5.41, 5.74) is 0. The summed E-state index contributed by atoms with van der Waals surface area (Å²) in [6.07, 6.45) is 2.84. The highest BCUT2D eigenvalue weighted by Gasteiger charge is 2.33. The summed E-state index contributed by atoms with van der Waals surface area (Å²) in [4.78, 5) is 5.15. The summed E-state index contributed by atoms with van der Waals surface area (Å²) in [7, 11) is 2.24. The number of piperazine rings is 1. The van der Waals surface area contributed by atoms with Gasteiger partial charge in [0.05, 0.1) is 0 Å². The Morgan fingerprint density at radius 2 is 2.09 bits per heavy atom. The first kappa shape index (κ1) is 7.56. The van der Waals surface area contributed by atoms with Gasteiger partial charge in [-0.25, -0.2) is 0 Å². The predicted octanol–water partition coefficient (Wildman–Crippen LogP) is 0.785. The number of rotatable bonds is 0. The summed E-state index contributed by atoms with van der Waals surface area (Å²) in [5.74, 6) is 0. The molecule has 0 bridgehead atoms. The minimum Gasteiger partial charge on any atom is -0.303 e. The predicted molar refractivity (Wildman–Crippen MR) is 46.7 cm³/mol. The average Bonchev–Trinajstić information content (AvgIpc) is 2.34. The van der Waals surface area contributed by atoms with Gasteiger partial charge in [0.25, 0.3) is 0 Å². The van der Waals surface area contributed by atoms with Crippen molar-refractivity contribution in [2.45, 2.75) is 31.8 Å². The molecule has 2 saturated heterocycles. The first-order chi connectivity index (χ1) is 5.27. The third-order valence-corrected chi connectivity index (χ3v) is 3.09. The minimum absolute atomic E-state index is 0.793. The molecule has 0 aromatic carbocycles. The van der Waals surface area contributed by atoms with Crippen LogP contribution < -0.4 is 0 Å². The Morgan fingerprint density at radius 3 is 2.91 bits per heavy atom. The van der Waals surface area contributed by atoms with Gasteiger partial charge in [-0.15, -0.1) is 0 Å². The van der Waals surface area contributed by atoms with Crippen molar-refractivity contribution < 1.29 is 0 Å². The van der Waals surface area contributed by atoms with Gasteiger partial charge in [0.15, 0.2) is 0 Å². The van der Waals surface area contributed by atoms with Gasteiger partial charge in [0.1, 0.15) is 0 Å². The highest BCUT2D eigenvalue weighted by molar-refractivity contribution is 4.89. The van der Waals surface area contributed by atoms with Crippen molar-refractivity contribution in [3.63, 3.8) is 0 Å². The molecule has 0 amide bonds.